The van der Waals surface area contributed by atoms with E-state index in [-0.39, 0.29) is 16.6 Å². The van der Waals surface area contributed by atoms with Gasteiger partial charge in [-0.15, -0.1) is 11.3 Å². The van der Waals surface area contributed by atoms with E-state index in [2.05, 4.69) is 19.8 Å². The number of halogens is 1. The molecule has 1 aliphatic heterocycles. The molecular weight excluding hydrogens is 451 g/mol. The molecule has 1 atom stereocenters. The van der Waals surface area contributed by atoms with Crippen molar-refractivity contribution in [2.75, 3.05) is 26.2 Å². The summed E-state index contributed by atoms with van der Waals surface area (Å²) >= 11 is 1.43. The first-order chi connectivity index (χ1) is 15.5. The van der Waals surface area contributed by atoms with E-state index in [0.717, 1.165) is 54.7 Å². The van der Waals surface area contributed by atoms with Crippen LogP contribution in [0.15, 0.2) is 51.3 Å². The Balaban J connectivity index is 1.12. The average molecular weight is 475 g/mol. The fraction of sp³-hybridized carbons (Fsp3) is 0.364. The maximum atomic E-state index is 13.3. The summed E-state index contributed by atoms with van der Waals surface area (Å²) in [5, 5.41) is 4.93. The van der Waals surface area contributed by atoms with Crippen molar-refractivity contribution in [1.29, 1.82) is 0 Å². The molecule has 5 rings (SSSR count). The lowest BCUT2D eigenvalue weighted by Gasteiger charge is -2.16. The number of aromatic nitrogens is 2. The first-order valence-electron chi connectivity index (χ1n) is 10.6. The molecule has 0 aliphatic carbocycles. The number of nitrogens with zero attached hydrogens (tertiary/aromatic N) is 3. The number of fused-ring (bicyclic) bond motifs is 2. The summed E-state index contributed by atoms with van der Waals surface area (Å²) in [4.78, 5) is 6.81. The molecule has 1 fully saturated rings. The zero-order chi connectivity index (χ0) is 22.1. The van der Waals surface area contributed by atoms with Gasteiger partial charge >= 0.3 is 0 Å². The van der Waals surface area contributed by atoms with Crippen LogP contribution in [0.1, 0.15) is 18.5 Å². The lowest BCUT2D eigenvalue weighted by molar-refractivity contribution is 0.318. The number of sulfonamides is 1. The van der Waals surface area contributed by atoms with Crippen molar-refractivity contribution < 1.29 is 17.3 Å². The molecular formula is C22H23FN4O3S2. The largest absolute Gasteiger partial charge is 0.356 e. The van der Waals surface area contributed by atoms with Crippen LogP contribution >= 0.6 is 11.3 Å². The van der Waals surface area contributed by atoms with Crippen LogP contribution in [0.25, 0.3) is 21.2 Å². The van der Waals surface area contributed by atoms with Gasteiger partial charge in [0.25, 0.3) is 0 Å². The monoisotopic (exact) mass is 474 g/mol. The molecule has 0 amide bonds. The Morgan fingerprint density at radius 2 is 2.19 bits per heavy atom. The average Bonchev–Trinajstić information content (AvgIpc) is 3.52. The standard InChI is InChI=1S/C22H23FN4O3S2/c23-16-6-7-17-18(26-30-19(17)11-16)3-2-9-27-10-8-15(13-27)12-25-32(28,29)21-5-1-4-20-22(21)24-14-31-20/h1,4-7,11,14-15,25H,2-3,8-10,12-13H2. The van der Waals surface area contributed by atoms with E-state index in [1.165, 1.54) is 23.5 Å². The smallest absolute Gasteiger partial charge is 0.242 e. The van der Waals surface area contributed by atoms with Crippen LogP contribution in [0.2, 0.25) is 0 Å². The fourth-order valence-electron chi connectivity index (χ4n) is 4.28. The normalized spacial score (nSPS) is 17.6. The van der Waals surface area contributed by atoms with Crippen molar-refractivity contribution in [3.8, 4) is 0 Å². The summed E-state index contributed by atoms with van der Waals surface area (Å²) < 4.78 is 47.8. The predicted molar refractivity (Wildman–Crippen MR) is 122 cm³/mol. The second kappa shape index (κ2) is 8.86. The molecule has 168 valence electrons. The fourth-order valence-corrected chi connectivity index (χ4v) is 6.33. The van der Waals surface area contributed by atoms with Gasteiger partial charge in [-0.05, 0) is 62.5 Å². The Bertz CT molecular complexity index is 1350. The van der Waals surface area contributed by atoms with Gasteiger partial charge in [0.2, 0.25) is 10.0 Å². The van der Waals surface area contributed by atoms with Crippen molar-refractivity contribution in [2.24, 2.45) is 5.92 Å². The van der Waals surface area contributed by atoms with Crippen molar-refractivity contribution >= 4 is 42.5 Å². The lowest BCUT2D eigenvalue weighted by Crippen LogP contribution is -2.31. The van der Waals surface area contributed by atoms with Crippen LogP contribution in [0.4, 0.5) is 4.39 Å². The summed E-state index contributed by atoms with van der Waals surface area (Å²) in [7, 11) is -3.60. The molecule has 0 spiro atoms. The third-order valence-electron chi connectivity index (χ3n) is 5.94. The Hall–Kier alpha value is -2.40. The number of aryl methyl sites for hydroxylation is 1. The highest BCUT2D eigenvalue weighted by Gasteiger charge is 2.25. The van der Waals surface area contributed by atoms with Crippen LogP contribution in [-0.4, -0.2) is 49.6 Å². The SMILES string of the molecule is O=S(=O)(NCC1CCN(CCCc2noc3cc(F)ccc23)C1)c1cccc2scnc12. The first-order valence-corrected chi connectivity index (χ1v) is 12.9. The second-order valence-electron chi connectivity index (χ2n) is 8.14. The van der Waals surface area contributed by atoms with E-state index in [4.69, 9.17) is 4.52 Å². The van der Waals surface area contributed by atoms with E-state index in [1.54, 1.807) is 23.7 Å². The highest BCUT2D eigenvalue weighted by atomic mass is 32.2. The van der Waals surface area contributed by atoms with Crippen LogP contribution < -0.4 is 4.72 Å². The highest BCUT2D eigenvalue weighted by Crippen LogP contribution is 2.25. The molecule has 1 N–H and O–H groups in total. The zero-order valence-corrected chi connectivity index (χ0v) is 19.0. The number of para-hydroxylation sites is 1. The van der Waals surface area contributed by atoms with Gasteiger partial charge in [0, 0.05) is 24.5 Å². The molecule has 3 heterocycles. The third-order valence-corrected chi connectivity index (χ3v) is 8.19. The van der Waals surface area contributed by atoms with Crippen molar-refractivity contribution in [2.45, 2.75) is 24.2 Å². The van der Waals surface area contributed by atoms with Gasteiger partial charge in [-0.1, -0.05) is 11.2 Å². The maximum absolute atomic E-state index is 13.3. The Kier molecular flexibility index (Phi) is 5.93. The van der Waals surface area contributed by atoms with Crippen molar-refractivity contribution in [3.63, 3.8) is 0 Å². The lowest BCUT2D eigenvalue weighted by atomic mass is 10.1. The minimum atomic E-state index is -3.60. The second-order valence-corrected chi connectivity index (χ2v) is 10.8. The minimum Gasteiger partial charge on any atom is -0.356 e. The van der Waals surface area contributed by atoms with E-state index in [1.807, 2.05) is 6.07 Å². The van der Waals surface area contributed by atoms with E-state index >= 15 is 0 Å². The molecule has 1 aliphatic rings. The number of benzene rings is 2. The van der Waals surface area contributed by atoms with Gasteiger partial charge in [-0.25, -0.2) is 22.5 Å². The summed E-state index contributed by atoms with van der Waals surface area (Å²) in [5.74, 6) is -0.0579. The molecule has 0 saturated carbocycles. The Morgan fingerprint density at radius 1 is 1.28 bits per heavy atom. The van der Waals surface area contributed by atoms with E-state index in [0.29, 0.717) is 17.6 Å². The number of thiazole rings is 1. The molecule has 4 aromatic rings. The van der Waals surface area contributed by atoms with Crippen LogP contribution in [0.5, 0.6) is 0 Å². The summed E-state index contributed by atoms with van der Waals surface area (Å²) in [6, 6.07) is 9.72. The molecule has 7 nitrogen and oxygen atoms in total. The first kappa shape index (κ1) is 21.4. The molecule has 1 unspecified atom stereocenters. The number of hydrogen-bond acceptors (Lipinski definition) is 7. The van der Waals surface area contributed by atoms with E-state index < -0.39 is 10.0 Å². The van der Waals surface area contributed by atoms with E-state index in [9.17, 15) is 12.8 Å². The molecule has 0 bridgehead atoms. The van der Waals surface area contributed by atoms with Crippen LogP contribution in [0, 0.1) is 11.7 Å². The van der Waals surface area contributed by atoms with Gasteiger partial charge in [0.05, 0.1) is 15.9 Å². The van der Waals surface area contributed by atoms with Gasteiger partial charge in [0.1, 0.15) is 16.2 Å². The molecule has 10 heteroatoms. The number of hydrogen-bond donors (Lipinski definition) is 1. The van der Waals surface area contributed by atoms with Gasteiger partial charge in [-0.3, -0.25) is 0 Å². The number of rotatable bonds is 8. The van der Waals surface area contributed by atoms with Crippen LogP contribution in [0.3, 0.4) is 0 Å². The van der Waals surface area contributed by atoms with Gasteiger partial charge in [0.15, 0.2) is 5.58 Å². The topological polar surface area (TPSA) is 88.3 Å². The highest BCUT2D eigenvalue weighted by molar-refractivity contribution is 7.89. The van der Waals surface area contributed by atoms with Gasteiger partial charge in [-0.2, -0.15) is 0 Å². The predicted octanol–water partition coefficient (Wildman–Crippen LogP) is 3.81. The van der Waals surface area contributed by atoms with Crippen molar-refractivity contribution in [1.82, 2.24) is 19.8 Å². The molecule has 32 heavy (non-hydrogen) atoms. The van der Waals surface area contributed by atoms with Gasteiger partial charge < -0.3 is 9.42 Å². The van der Waals surface area contributed by atoms with Crippen LogP contribution in [-0.2, 0) is 16.4 Å². The zero-order valence-electron chi connectivity index (χ0n) is 17.3. The molecule has 2 aromatic carbocycles. The number of nitrogens with one attached hydrogen (secondary N) is 1. The number of likely N-dealkylation sites (tertiary alicyclic amines) is 1. The Morgan fingerprint density at radius 3 is 3.09 bits per heavy atom. The molecule has 0 radical (unpaired) electrons. The summed E-state index contributed by atoms with van der Waals surface area (Å²) in [5.41, 5.74) is 3.52. The minimum absolute atomic E-state index is 0.242. The summed E-state index contributed by atoms with van der Waals surface area (Å²) in [6.07, 6.45) is 2.61. The molecule has 1 saturated heterocycles. The maximum Gasteiger partial charge on any atom is 0.242 e. The summed E-state index contributed by atoms with van der Waals surface area (Å²) in [6.45, 7) is 3.11. The third kappa shape index (κ3) is 4.40. The Labute approximate surface area is 189 Å². The quantitative estimate of drug-likeness (QED) is 0.418. The molecule has 2 aromatic heterocycles. The van der Waals surface area contributed by atoms with Crippen molar-refractivity contribution in [3.05, 3.63) is 53.4 Å².